The zero-order valence-electron chi connectivity index (χ0n) is 10.7. The Kier molecular flexibility index (Phi) is 4.33. The number of likely N-dealkylation sites (tertiary alicyclic amines) is 1. The van der Waals surface area contributed by atoms with Crippen LogP contribution in [0.15, 0.2) is 30.3 Å². The Labute approximate surface area is 108 Å². The molecule has 0 spiro atoms. The van der Waals surface area contributed by atoms with E-state index in [9.17, 15) is 9.90 Å². The van der Waals surface area contributed by atoms with Crippen LogP contribution in [0.3, 0.4) is 0 Å². The Balaban J connectivity index is 1.92. The number of amides is 1. The summed E-state index contributed by atoms with van der Waals surface area (Å²) in [4.78, 5) is 14.1. The molecule has 1 amide bonds. The van der Waals surface area contributed by atoms with Crippen LogP contribution in [0.4, 0.5) is 5.69 Å². The standard InChI is InChI=1S/C14H20N2O2/c1-11(16-9-5-8-13(17)10-16)14(18)15-12-6-3-2-4-7-12/h2-4,6-7,11,13,17H,5,8-10H2,1H3,(H,15,18)/t11-,13+/m1/s1. The van der Waals surface area contributed by atoms with Gasteiger partial charge in [0.1, 0.15) is 0 Å². The molecule has 1 fully saturated rings. The Morgan fingerprint density at radius 1 is 1.44 bits per heavy atom. The van der Waals surface area contributed by atoms with Crippen molar-refractivity contribution in [2.45, 2.75) is 31.9 Å². The SMILES string of the molecule is C[C@H](C(=O)Nc1ccccc1)N1CCC[C@H](O)C1. The van der Waals surface area contributed by atoms with E-state index in [-0.39, 0.29) is 18.1 Å². The number of carbonyl (C=O) groups is 1. The number of carbonyl (C=O) groups excluding carboxylic acids is 1. The monoisotopic (exact) mass is 248 g/mol. The number of nitrogens with one attached hydrogen (secondary N) is 1. The number of benzene rings is 1. The Bertz CT molecular complexity index is 394. The molecule has 4 nitrogen and oxygen atoms in total. The fourth-order valence-corrected chi connectivity index (χ4v) is 2.27. The first kappa shape index (κ1) is 13.1. The van der Waals surface area contributed by atoms with Gasteiger partial charge < -0.3 is 10.4 Å². The van der Waals surface area contributed by atoms with Crippen molar-refractivity contribution < 1.29 is 9.90 Å². The normalized spacial score (nSPS) is 22.4. The molecule has 1 aliphatic heterocycles. The summed E-state index contributed by atoms with van der Waals surface area (Å²) in [5, 5.41) is 12.5. The van der Waals surface area contributed by atoms with Crippen LogP contribution in [-0.2, 0) is 4.79 Å². The second kappa shape index (κ2) is 5.98. The molecule has 2 atom stereocenters. The van der Waals surface area contributed by atoms with Crippen molar-refractivity contribution in [1.29, 1.82) is 0 Å². The van der Waals surface area contributed by atoms with Crippen LogP contribution < -0.4 is 5.32 Å². The van der Waals surface area contributed by atoms with E-state index in [4.69, 9.17) is 0 Å². The van der Waals surface area contributed by atoms with Crippen molar-refractivity contribution in [2.75, 3.05) is 18.4 Å². The molecule has 0 unspecified atom stereocenters. The number of hydrogen-bond donors (Lipinski definition) is 2. The average Bonchev–Trinajstić information content (AvgIpc) is 2.39. The molecule has 4 heteroatoms. The summed E-state index contributed by atoms with van der Waals surface area (Å²) in [6.07, 6.45) is 1.49. The van der Waals surface area contributed by atoms with Gasteiger partial charge in [-0.3, -0.25) is 9.69 Å². The van der Waals surface area contributed by atoms with Gasteiger partial charge in [-0.05, 0) is 38.4 Å². The lowest BCUT2D eigenvalue weighted by atomic mass is 10.1. The molecule has 1 aliphatic rings. The Hall–Kier alpha value is -1.39. The highest BCUT2D eigenvalue weighted by Gasteiger charge is 2.26. The third kappa shape index (κ3) is 3.31. The van der Waals surface area contributed by atoms with Gasteiger partial charge in [-0.1, -0.05) is 18.2 Å². The molecular formula is C14H20N2O2. The molecule has 1 aromatic rings. The van der Waals surface area contributed by atoms with Gasteiger partial charge in [-0.2, -0.15) is 0 Å². The lowest BCUT2D eigenvalue weighted by Gasteiger charge is -2.33. The molecule has 2 N–H and O–H groups in total. The number of hydrogen-bond acceptors (Lipinski definition) is 3. The van der Waals surface area contributed by atoms with Gasteiger partial charge in [0.15, 0.2) is 0 Å². The lowest BCUT2D eigenvalue weighted by Crippen LogP contribution is -2.48. The highest BCUT2D eigenvalue weighted by molar-refractivity contribution is 5.94. The van der Waals surface area contributed by atoms with Crippen LogP contribution in [-0.4, -0.2) is 41.1 Å². The van der Waals surface area contributed by atoms with Crippen molar-refractivity contribution >= 4 is 11.6 Å². The van der Waals surface area contributed by atoms with Crippen molar-refractivity contribution in [2.24, 2.45) is 0 Å². The second-order valence-electron chi connectivity index (χ2n) is 4.82. The summed E-state index contributed by atoms with van der Waals surface area (Å²) in [5.74, 6) is -0.0182. The van der Waals surface area contributed by atoms with Crippen LogP contribution in [0.1, 0.15) is 19.8 Å². The molecule has 98 valence electrons. The lowest BCUT2D eigenvalue weighted by molar-refractivity contribution is -0.121. The van der Waals surface area contributed by atoms with Gasteiger partial charge in [0.05, 0.1) is 12.1 Å². The first-order chi connectivity index (χ1) is 8.66. The molecule has 1 heterocycles. The van der Waals surface area contributed by atoms with Gasteiger partial charge in [0.25, 0.3) is 0 Å². The molecule has 18 heavy (non-hydrogen) atoms. The third-order valence-corrected chi connectivity index (χ3v) is 3.40. The van der Waals surface area contributed by atoms with Crippen LogP contribution in [0, 0.1) is 0 Å². The van der Waals surface area contributed by atoms with Crippen LogP contribution >= 0.6 is 0 Å². The fraction of sp³-hybridized carbons (Fsp3) is 0.500. The highest BCUT2D eigenvalue weighted by atomic mass is 16.3. The molecule has 0 saturated carbocycles. The fourth-order valence-electron chi connectivity index (χ4n) is 2.27. The van der Waals surface area contributed by atoms with Crippen molar-refractivity contribution in [3.63, 3.8) is 0 Å². The Morgan fingerprint density at radius 3 is 2.83 bits per heavy atom. The topological polar surface area (TPSA) is 52.6 Å². The van der Waals surface area contributed by atoms with Crippen molar-refractivity contribution in [3.8, 4) is 0 Å². The molecular weight excluding hydrogens is 228 g/mol. The molecule has 0 bridgehead atoms. The van der Waals surface area contributed by atoms with Crippen LogP contribution in [0.2, 0.25) is 0 Å². The summed E-state index contributed by atoms with van der Waals surface area (Å²) in [6.45, 7) is 3.35. The van der Waals surface area contributed by atoms with Gasteiger partial charge >= 0.3 is 0 Å². The zero-order valence-corrected chi connectivity index (χ0v) is 10.7. The maximum Gasteiger partial charge on any atom is 0.241 e. The summed E-state index contributed by atoms with van der Waals surface area (Å²) < 4.78 is 0. The first-order valence-electron chi connectivity index (χ1n) is 6.45. The van der Waals surface area contributed by atoms with E-state index in [2.05, 4.69) is 5.32 Å². The highest BCUT2D eigenvalue weighted by Crippen LogP contribution is 2.14. The number of nitrogens with zero attached hydrogens (tertiary/aromatic N) is 1. The van der Waals surface area contributed by atoms with Gasteiger partial charge in [-0.25, -0.2) is 0 Å². The number of piperidine rings is 1. The number of β-amino-alcohol motifs (C(OH)–C–C–N with tert-alkyl or cyclic N) is 1. The predicted octanol–water partition coefficient (Wildman–Crippen LogP) is 1.47. The van der Waals surface area contributed by atoms with E-state index in [1.165, 1.54) is 0 Å². The molecule has 0 aliphatic carbocycles. The van der Waals surface area contributed by atoms with Crippen molar-refractivity contribution in [1.82, 2.24) is 4.90 Å². The van der Waals surface area contributed by atoms with E-state index >= 15 is 0 Å². The van der Waals surface area contributed by atoms with Gasteiger partial charge in [0, 0.05) is 12.2 Å². The van der Waals surface area contributed by atoms with E-state index < -0.39 is 0 Å². The smallest absolute Gasteiger partial charge is 0.241 e. The maximum absolute atomic E-state index is 12.1. The minimum atomic E-state index is -0.300. The molecule has 1 saturated heterocycles. The van der Waals surface area contributed by atoms with E-state index in [1.807, 2.05) is 42.2 Å². The molecule has 1 aromatic carbocycles. The predicted molar refractivity (Wildman–Crippen MR) is 71.3 cm³/mol. The third-order valence-electron chi connectivity index (χ3n) is 3.40. The number of aliphatic hydroxyl groups excluding tert-OH is 1. The Morgan fingerprint density at radius 2 is 2.17 bits per heavy atom. The van der Waals surface area contributed by atoms with E-state index in [1.54, 1.807) is 0 Å². The molecule has 2 rings (SSSR count). The second-order valence-corrected chi connectivity index (χ2v) is 4.82. The molecule has 0 radical (unpaired) electrons. The maximum atomic E-state index is 12.1. The number of rotatable bonds is 3. The number of anilines is 1. The minimum absolute atomic E-state index is 0.0182. The molecule has 0 aromatic heterocycles. The summed E-state index contributed by atoms with van der Waals surface area (Å²) >= 11 is 0. The first-order valence-corrected chi connectivity index (χ1v) is 6.45. The number of aliphatic hydroxyl groups is 1. The minimum Gasteiger partial charge on any atom is -0.392 e. The summed E-state index contributed by atoms with van der Waals surface area (Å²) in [6, 6.07) is 9.24. The van der Waals surface area contributed by atoms with Gasteiger partial charge in [0.2, 0.25) is 5.91 Å². The van der Waals surface area contributed by atoms with Crippen LogP contribution in [0.5, 0.6) is 0 Å². The van der Waals surface area contributed by atoms with E-state index in [0.29, 0.717) is 6.54 Å². The average molecular weight is 248 g/mol. The van der Waals surface area contributed by atoms with Crippen LogP contribution in [0.25, 0.3) is 0 Å². The quantitative estimate of drug-likeness (QED) is 0.851. The van der Waals surface area contributed by atoms with Gasteiger partial charge in [-0.15, -0.1) is 0 Å². The van der Waals surface area contributed by atoms with Crippen molar-refractivity contribution in [3.05, 3.63) is 30.3 Å². The van der Waals surface area contributed by atoms with E-state index in [0.717, 1.165) is 25.1 Å². The zero-order chi connectivity index (χ0) is 13.0. The largest absolute Gasteiger partial charge is 0.392 e. The summed E-state index contributed by atoms with van der Waals surface area (Å²) in [5.41, 5.74) is 0.812. The summed E-state index contributed by atoms with van der Waals surface area (Å²) in [7, 11) is 0. The number of para-hydroxylation sites is 1.